The van der Waals surface area contributed by atoms with Crippen LogP contribution < -0.4 is 5.32 Å². The van der Waals surface area contributed by atoms with Crippen molar-refractivity contribution in [2.45, 2.75) is 38.8 Å². The summed E-state index contributed by atoms with van der Waals surface area (Å²) in [7, 11) is 1.64. The van der Waals surface area contributed by atoms with E-state index in [-0.39, 0.29) is 10.6 Å². The Morgan fingerprint density at radius 1 is 1.62 bits per heavy atom. The molecule has 1 N–H and O–H groups in total. The Hall–Kier alpha value is -1.67. The maximum absolute atomic E-state index is 11.3. The first-order valence-corrected chi connectivity index (χ1v) is 7.11. The molecule has 1 aromatic heterocycles. The van der Waals surface area contributed by atoms with Gasteiger partial charge in [0.15, 0.2) is 0 Å². The monoisotopic (exact) mass is 298 g/mol. The number of methoxy groups -OCH3 is 1. The molecule has 0 bridgehead atoms. The van der Waals surface area contributed by atoms with Crippen molar-refractivity contribution in [3.05, 3.63) is 15.8 Å². The molecule has 1 atom stereocenters. The van der Waals surface area contributed by atoms with Gasteiger partial charge >= 0.3 is 5.69 Å². The number of nitrogens with one attached hydrogen (secondary N) is 1. The molecule has 1 saturated heterocycles. The zero-order valence-corrected chi connectivity index (χ0v) is 12.7. The summed E-state index contributed by atoms with van der Waals surface area (Å²) in [5.41, 5.74) is 0.0296. The average molecular weight is 298 g/mol. The van der Waals surface area contributed by atoms with Crippen molar-refractivity contribution in [3.8, 4) is 0 Å². The summed E-state index contributed by atoms with van der Waals surface area (Å²) in [5.74, 6) is 0.447. The van der Waals surface area contributed by atoms with E-state index in [0.29, 0.717) is 37.8 Å². The highest BCUT2D eigenvalue weighted by molar-refractivity contribution is 5.59. The van der Waals surface area contributed by atoms with Crippen LogP contribution in [0.3, 0.4) is 0 Å². The fourth-order valence-electron chi connectivity index (χ4n) is 2.55. The molecular formula is C13H22N4O4. The van der Waals surface area contributed by atoms with Crippen LogP contribution in [0.1, 0.15) is 25.5 Å². The molecule has 2 rings (SSSR count). The third-order valence-electron chi connectivity index (χ3n) is 3.79. The molecule has 8 heteroatoms. The van der Waals surface area contributed by atoms with Crippen LogP contribution in [-0.2, 0) is 16.0 Å². The van der Waals surface area contributed by atoms with Gasteiger partial charge in [-0.15, -0.1) is 0 Å². The Kier molecular flexibility index (Phi) is 4.79. The molecule has 21 heavy (non-hydrogen) atoms. The molecule has 0 radical (unpaired) electrons. The summed E-state index contributed by atoms with van der Waals surface area (Å²) in [6, 6.07) is 0. The van der Waals surface area contributed by atoms with Crippen LogP contribution in [0, 0.1) is 17.0 Å². The number of anilines is 1. The zero-order chi connectivity index (χ0) is 15.5. The molecule has 1 aliphatic rings. The number of aromatic nitrogens is 2. The van der Waals surface area contributed by atoms with Gasteiger partial charge in [0.2, 0.25) is 5.82 Å². The first-order valence-electron chi connectivity index (χ1n) is 7.11. The number of ether oxygens (including phenoxy) is 2. The van der Waals surface area contributed by atoms with Gasteiger partial charge in [0, 0.05) is 33.2 Å². The minimum absolute atomic E-state index is 0.0358. The van der Waals surface area contributed by atoms with Gasteiger partial charge < -0.3 is 14.8 Å². The number of aryl methyl sites for hydroxylation is 2. The van der Waals surface area contributed by atoms with E-state index in [4.69, 9.17) is 9.47 Å². The maximum Gasteiger partial charge on any atom is 0.333 e. The van der Waals surface area contributed by atoms with Crippen LogP contribution in [0.5, 0.6) is 0 Å². The molecule has 8 nitrogen and oxygen atoms in total. The lowest BCUT2D eigenvalue weighted by atomic mass is 10.0. The van der Waals surface area contributed by atoms with Crippen LogP contribution in [-0.4, -0.2) is 47.2 Å². The van der Waals surface area contributed by atoms with Crippen LogP contribution in [0.15, 0.2) is 0 Å². The fourth-order valence-corrected chi connectivity index (χ4v) is 2.55. The normalized spacial score (nSPS) is 21.7. The van der Waals surface area contributed by atoms with E-state index >= 15 is 0 Å². The first-order chi connectivity index (χ1) is 10.0. The molecular weight excluding hydrogens is 276 g/mol. The maximum atomic E-state index is 11.3. The highest BCUT2D eigenvalue weighted by atomic mass is 16.6. The van der Waals surface area contributed by atoms with Crippen LogP contribution >= 0.6 is 0 Å². The third kappa shape index (κ3) is 3.16. The lowest BCUT2D eigenvalue weighted by Crippen LogP contribution is -2.40. The summed E-state index contributed by atoms with van der Waals surface area (Å²) in [6.07, 6.45) is 1.62. The molecule has 0 aromatic carbocycles. The Morgan fingerprint density at radius 3 is 2.90 bits per heavy atom. The molecule has 2 heterocycles. The molecule has 118 valence electrons. The van der Waals surface area contributed by atoms with Crippen molar-refractivity contribution in [3.63, 3.8) is 0 Å². The van der Waals surface area contributed by atoms with Gasteiger partial charge in [-0.25, -0.2) is 4.68 Å². The van der Waals surface area contributed by atoms with Gasteiger partial charge in [0.25, 0.3) is 0 Å². The van der Waals surface area contributed by atoms with Gasteiger partial charge in [-0.05, 0) is 13.3 Å². The summed E-state index contributed by atoms with van der Waals surface area (Å²) in [4.78, 5) is 10.9. The summed E-state index contributed by atoms with van der Waals surface area (Å²) in [5, 5.41) is 18.7. The van der Waals surface area contributed by atoms with E-state index in [1.165, 1.54) is 0 Å². The van der Waals surface area contributed by atoms with E-state index in [9.17, 15) is 10.1 Å². The summed E-state index contributed by atoms with van der Waals surface area (Å²) < 4.78 is 12.6. The van der Waals surface area contributed by atoms with Crippen molar-refractivity contribution in [1.29, 1.82) is 0 Å². The highest BCUT2D eigenvalue weighted by Gasteiger charge is 2.36. The van der Waals surface area contributed by atoms with Crippen molar-refractivity contribution in [2.24, 2.45) is 0 Å². The highest BCUT2D eigenvalue weighted by Crippen LogP contribution is 2.30. The first kappa shape index (κ1) is 15.7. The number of nitrogens with zero attached hydrogens (tertiary/aromatic N) is 3. The van der Waals surface area contributed by atoms with Crippen LogP contribution in [0.2, 0.25) is 0 Å². The Balaban J connectivity index is 2.23. The molecule has 1 fully saturated rings. The molecule has 1 unspecified atom stereocenters. The zero-order valence-electron chi connectivity index (χ0n) is 12.7. The topological polar surface area (TPSA) is 91.5 Å². The van der Waals surface area contributed by atoms with Gasteiger partial charge in [0.05, 0.1) is 11.5 Å². The van der Waals surface area contributed by atoms with Gasteiger partial charge in [0.1, 0.15) is 11.3 Å². The summed E-state index contributed by atoms with van der Waals surface area (Å²) in [6.45, 7) is 5.89. The van der Waals surface area contributed by atoms with E-state index < -0.39 is 5.60 Å². The van der Waals surface area contributed by atoms with Crippen LogP contribution in [0.25, 0.3) is 0 Å². The third-order valence-corrected chi connectivity index (χ3v) is 3.79. The van der Waals surface area contributed by atoms with Crippen LogP contribution in [0.4, 0.5) is 11.5 Å². The number of hydrogen-bond acceptors (Lipinski definition) is 6. The van der Waals surface area contributed by atoms with E-state index in [0.717, 1.165) is 12.8 Å². The van der Waals surface area contributed by atoms with Crippen molar-refractivity contribution >= 4 is 11.5 Å². The molecule has 1 aromatic rings. The minimum Gasteiger partial charge on any atom is -0.378 e. The predicted molar refractivity (Wildman–Crippen MR) is 77.6 cm³/mol. The van der Waals surface area contributed by atoms with Crippen molar-refractivity contribution < 1.29 is 14.4 Å². The minimum atomic E-state index is -0.427. The molecule has 0 amide bonds. The summed E-state index contributed by atoms with van der Waals surface area (Å²) >= 11 is 0. The SMILES string of the molecule is CCCn1nc(C)c([N+](=O)[O-])c1NCC1(OC)CCOC1. The molecule has 0 saturated carbocycles. The standard InChI is InChI=1S/C13H22N4O4/c1-4-6-16-12(11(17(18)19)10(2)15-16)14-8-13(20-3)5-7-21-9-13/h14H,4-9H2,1-3H3. The van der Waals surface area contributed by atoms with E-state index in [1.807, 2.05) is 6.92 Å². The number of hydrogen-bond donors (Lipinski definition) is 1. The second-order valence-electron chi connectivity index (χ2n) is 5.31. The largest absolute Gasteiger partial charge is 0.378 e. The number of rotatable bonds is 7. The Labute approximate surface area is 123 Å². The molecule has 1 aliphatic heterocycles. The van der Waals surface area contributed by atoms with Crippen molar-refractivity contribution in [2.75, 3.05) is 32.2 Å². The second kappa shape index (κ2) is 6.40. The average Bonchev–Trinajstić information content (AvgIpc) is 3.02. The van der Waals surface area contributed by atoms with E-state index in [1.54, 1.807) is 18.7 Å². The predicted octanol–water partition coefficient (Wildman–Crippen LogP) is 1.73. The Morgan fingerprint density at radius 2 is 2.38 bits per heavy atom. The lowest BCUT2D eigenvalue weighted by Gasteiger charge is -2.26. The van der Waals surface area contributed by atoms with E-state index in [2.05, 4.69) is 10.4 Å². The lowest BCUT2D eigenvalue weighted by molar-refractivity contribution is -0.384. The molecule has 0 aliphatic carbocycles. The van der Waals surface area contributed by atoms with Crippen molar-refractivity contribution in [1.82, 2.24) is 9.78 Å². The fraction of sp³-hybridized carbons (Fsp3) is 0.769. The van der Waals surface area contributed by atoms with Gasteiger partial charge in [-0.2, -0.15) is 5.10 Å². The van der Waals surface area contributed by atoms with Gasteiger partial charge in [-0.3, -0.25) is 10.1 Å². The smallest absolute Gasteiger partial charge is 0.333 e. The van der Waals surface area contributed by atoms with Gasteiger partial charge in [-0.1, -0.05) is 6.92 Å². The number of nitro groups is 1. The quantitative estimate of drug-likeness (QED) is 0.609. The molecule has 0 spiro atoms. The Bertz CT molecular complexity index is 509. The second-order valence-corrected chi connectivity index (χ2v) is 5.31.